The zero-order valence-corrected chi connectivity index (χ0v) is 12.4. The van der Waals surface area contributed by atoms with Crippen molar-refractivity contribution in [2.24, 2.45) is 5.92 Å². The van der Waals surface area contributed by atoms with Crippen LogP contribution in [0, 0.1) is 17.6 Å². The Morgan fingerprint density at radius 3 is 2.82 bits per heavy atom. The highest BCUT2D eigenvalue weighted by molar-refractivity contribution is 5.84. The van der Waals surface area contributed by atoms with Crippen molar-refractivity contribution in [3.05, 3.63) is 35.4 Å². The quantitative estimate of drug-likeness (QED) is 0.910. The van der Waals surface area contributed by atoms with Gasteiger partial charge in [-0.3, -0.25) is 4.79 Å². The molecule has 1 aromatic rings. The molecule has 2 saturated heterocycles. The van der Waals surface area contributed by atoms with Gasteiger partial charge in [-0.25, -0.2) is 8.78 Å². The van der Waals surface area contributed by atoms with Gasteiger partial charge in [0.1, 0.15) is 11.6 Å². The predicted molar refractivity (Wildman–Crippen MR) is 78.3 cm³/mol. The number of benzene rings is 1. The van der Waals surface area contributed by atoms with E-state index in [2.05, 4.69) is 10.2 Å². The van der Waals surface area contributed by atoms with Crippen LogP contribution >= 0.6 is 0 Å². The van der Waals surface area contributed by atoms with Crippen molar-refractivity contribution < 1.29 is 13.6 Å². The van der Waals surface area contributed by atoms with Gasteiger partial charge in [0.25, 0.3) is 0 Å². The predicted octanol–water partition coefficient (Wildman–Crippen LogP) is 2.42. The van der Waals surface area contributed by atoms with Gasteiger partial charge in [-0.2, -0.15) is 0 Å². The number of amides is 1. The molecule has 4 unspecified atom stereocenters. The molecule has 1 aliphatic carbocycles. The molecular weight excluding hydrogens is 286 g/mol. The number of halogens is 2. The molecule has 2 heterocycles. The van der Waals surface area contributed by atoms with Crippen molar-refractivity contribution in [1.82, 2.24) is 10.2 Å². The first-order valence-electron chi connectivity index (χ1n) is 8.13. The van der Waals surface area contributed by atoms with E-state index >= 15 is 0 Å². The van der Waals surface area contributed by atoms with E-state index in [9.17, 15) is 13.6 Å². The van der Waals surface area contributed by atoms with Crippen molar-refractivity contribution >= 4 is 5.91 Å². The van der Waals surface area contributed by atoms with Crippen LogP contribution in [0.4, 0.5) is 8.78 Å². The Kier molecular flexibility index (Phi) is 3.40. The molecule has 22 heavy (non-hydrogen) atoms. The Morgan fingerprint density at radius 1 is 1.18 bits per heavy atom. The van der Waals surface area contributed by atoms with Crippen molar-refractivity contribution in [3.63, 3.8) is 0 Å². The second kappa shape index (κ2) is 5.30. The van der Waals surface area contributed by atoms with Gasteiger partial charge in [-0.15, -0.1) is 0 Å². The van der Waals surface area contributed by atoms with Gasteiger partial charge in [0.2, 0.25) is 5.91 Å². The summed E-state index contributed by atoms with van der Waals surface area (Å²) in [5.41, 5.74) is 0.486. The van der Waals surface area contributed by atoms with Gasteiger partial charge in [0.05, 0.1) is 0 Å². The molecule has 1 saturated carbocycles. The van der Waals surface area contributed by atoms with Gasteiger partial charge in [-0.05, 0) is 49.8 Å². The molecule has 2 aliphatic heterocycles. The Labute approximate surface area is 128 Å². The van der Waals surface area contributed by atoms with Crippen LogP contribution in [0.3, 0.4) is 0 Å². The minimum atomic E-state index is -0.568. The standard InChI is InChI=1S/C17H20F2N2O/c18-10-1-4-13(16(19)7-10)14-8-15(14)17(22)21-11-2-3-12(21)9-20-6-5-11/h1,4,7,11-12,14-15,20H,2-3,5-6,8-9H2. The maximum Gasteiger partial charge on any atom is 0.226 e. The lowest BCUT2D eigenvalue weighted by Gasteiger charge is -2.28. The topological polar surface area (TPSA) is 32.3 Å². The second-order valence-electron chi connectivity index (χ2n) is 6.74. The van der Waals surface area contributed by atoms with E-state index in [4.69, 9.17) is 0 Å². The summed E-state index contributed by atoms with van der Waals surface area (Å²) in [6, 6.07) is 4.31. The molecule has 5 heteroatoms. The van der Waals surface area contributed by atoms with E-state index in [-0.39, 0.29) is 17.7 Å². The van der Waals surface area contributed by atoms with Crippen LogP contribution < -0.4 is 5.32 Å². The summed E-state index contributed by atoms with van der Waals surface area (Å²) in [5, 5.41) is 3.39. The number of carbonyl (C=O) groups is 1. The van der Waals surface area contributed by atoms with Crippen molar-refractivity contribution in [1.29, 1.82) is 0 Å². The summed E-state index contributed by atoms with van der Waals surface area (Å²) in [6.07, 6.45) is 3.83. The zero-order chi connectivity index (χ0) is 15.3. The van der Waals surface area contributed by atoms with Crippen LogP contribution in [0.2, 0.25) is 0 Å². The molecule has 4 atom stereocenters. The minimum absolute atomic E-state index is 0.0799. The first-order valence-corrected chi connectivity index (χ1v) is 8.13. The molecule has 3 aliphatic rings. The normalized spacial score (nSPS) is 33.6. The maximum absolute atomic E-state index is 13.9. The number of hydrogen-bond acceptors (Lipinski definition) is 2. The first kappa shape index (κ1) is 14.1. The smallest absolute Gasteiger partial charge is 0.226 e. The molecule has 0 radical (unpaired) electrons. The highest BCUT2D eigenvalue weighted by Crippen LogP contribution is 2.50. The number of nitrogens with zero attached hydrogens (tertiary/aromatic N) is 1. The molecule has 1 amide bonds. The number of rotatable bonds is 2. The fraction of sp³-hybridized carbons (Fsp3) is 0.588. The van der Waals surface area contributed by atoms with Crippen LogP contribution in [0.5, 0.6) is 0 Å². The zero-order valence-electron chi connectivity index (χ0n) is 12.4. The average Bonchev–Trinajstić information content (AvgIpc) is 3.18. The van der Waals surface area contributed by atoms with Crippen LogP contribution in [0.15, 0.2) is 18.2 Å². The lowest BCUT2D eigenvalue weighted by atomic mass is 10.1. The molecule has 3 nitrogen and oxygen atoms in total. The average molecular weight is 306 g/mol. The minimum Gasteiger partial charge on any atom is -0.335 e. The van der Waals surface area contributed by atoms with E-state index in [0.717, 1.165) is 38.4 Å². The largest absolute Gasteiger partial charge is 0.335 e. The number of fused-ring (bicyclic) bond motifs is 2. The molecule has 2 bridgehead atoms. The molecule has 1 aromatic carbocycles. The Morgan fingerprint density at radius 2 is 2.00 bits per heavy atom. The first-order chi connectivity index (χ1) is 10.6. The highest BCUT2D eigenvalue weighted by Gasteiger charge is 2.50. The third kappa shape index (κ3) is 2.32. The second-order valence-corrected chi connectivity index (χ2v) is 6.74. The van der Waals surface area contributed by atoms with Gasteiger partial charge in [0, 0.05) is 30.6 Å². The van der Waals surface area contributed by atoms with E-state index < -0.39 is 11.6 Å². The molecule has 4 rings (SSSR count). The van der Waals surface area contributed by atoms with E-state index in [0.29, 0.717) is 24.1 Å². The SMILES string of the molecule is O=C(C1CC1c1ccc(F)cc1F)N1C2CCNCC1CC2. The van der Waals surface area contributed by atoms with E-state index in [1.807, 2.05) is 0 Å². The van der Waals surface area contributed by atoms with Gasteiger partial charge >= 0.3 is 0 Å². The Bertz CT molecular complexity index is 592. The summed E-state index contributed by atoms with van der Waals surface area (Å²) in [7, 11) is 0. The molecular formula is C17H20F2N2O. The number of nitrogens with one attached hydrogen (secondary N) is 1. The lowest BCUT2D eigenvalue weighted by Crippen LogP contribution is -2.43. The molecule has 0 spiro atoms. The summed E-state index contributed by atoms with van der Waals surface area (Å²) >= 11 is 0. The molecule has 1 N–H and O–H groups in total. The summed E-state index contributed by atoms with van der Waals surface area (Å²) in [6.45, 7) is 1.83. The van der Waals surface area contributed by atoms with Crippen molar-refractivity contribution in [2.75, 3.05) is 13.1 Å². The van der Waals surface area contributed by atoms with Crippen LogP contribution in [-0.2, 0) is 4.79 Å². The Hall–Kier alpha value is -1.49. The van der Waals surface area contributed by atoms with Gasteiger partial charge in [0.15, 0.2) is 0 Å². The Balaban J connectivity index is 1.51. The van der Waals surface area contributed by atoms with E-state index in [1.54, 1.807) is 0 Å². The number of carbonyl (C=O) groups excluding carboxylic acids is 1. The van der Waals surface area contributed by atoms with Crippen LogP contribution in [0.1, 0.15) is 37.2 Å². The lowest BCUT2D eigenvalue weighted by molar-refractivity contribution is -0.135. The highest BCUT2D eigenvalue weighted by atomic mass is 19.1. The molecule has 3 fully saturated rings. The van der Waals surface area contributed by atoms with Crippen molar-refractivity contribution in [2.45, 2.75) is 43.7 Å². The molecule has 118 valence electrons. The van der Waals surface area contributed by atoms with E-state index in [1.165, 1.54) is 12.1 Å². The maximum atomic E-state index is 13.9. The van der Waals surface area contributed by atoms with Crippen LogP contribution in [-0.4, -0.2) is 36.0 Å². The third-order valence-electron chi connectivity index (χ3n) is 5.38. The van der Waals surface area contributed by atoms with Crippen LogP contribution in [0.25, 0.3) is 0 Å². The number of hydrogen-bond donors (Lipinski definition) is 1. The summed E-state index contributed by atoms with van der Waals surface area (Å²) < 4.78 is 26.9. The fourth-order valence-electron chi connectivity index (χ4n) is 4.15. The van der Waals surface area contributed by atoms with Crippen molar-refractivity contribution in [3.8, 4) is 0 Å². The molecule has 0 aromatic heterocycles. The monoisotopic (exact) mass is 306 g/mol. The van der Waals surface area contributed by atoms with Gasteiger partial charge < -0.3 is 10.2 Å². The summed E-state index contributed by atoms with van der Waals surface area (Å²) in [4.78, 5) is 14.9. The van der Waals surface area contributed by atoms with Gasteiger partial charge in [-0.1, -0.05) is 6.07 Å². The summed E-state index contributed by atoms with van der Waals surface area (Å²) in [5.74, 6) is -1.13. The fourth-order valence-corrected chi connectivity index (χ4v) is 4.15. The third-order valence-corrected chi connectivity index (χ3v) is 5.38.